The molecule has 0 aromatic carbocycles. The SMILES string of the molecule is CC1CCCCCN1c1ncc(CNC2CC2)cn1. The molecule has 0 spiro atoms. The Morgan fingerprint density at radius 1 is 1.16 bits per heavy atom. The van der Waals surface area contributed by atoms with Crippen molar-refractivity contribution in [1.82, 2.24) is 15.3 Å². The first-order chi connectivity index (χ1) is 9.33. The molecule has 1 aromatic rings. The molecular formula is C15H24N4. The molecule has 19 heavy (non-hydrogen) atoms. The van der Waals surface area contributed by atoms with E-state index in [0.29, 0.717) is 6.04 Å². The van der Waals surface area contributed by atoms with Crippen molar-refractivity contribution in [2.45, 2.75) is 64.1 Å². The second-order valence-electron chi connectivity index (χ2n) is 5.94. The quantitative estimate of drug-likeness (QED) is 0.903. The van der Waals surface area contributed by atoms with Gasteiger partial charge in [-0.25, -0.2) is 9.97 Å². The number of rotatable bonds is 4. The van der Waals surface area contributed by atoms with Crippen LogP contribution in [0.5, 0.6) is 0 Å². The van der Waals surface area contributed by atoms with E-state index in [1.165, 1.54) is 44.1 Å². The topological polar surface area (TPSA) is 41.1 Å². The summed E-state index contributed by atoms with van der Waals surface area (Å²) in [5.74, 6) is 0.907. The summed E-state index contributed by atoms with van der Waals surface area (Å²) >= 11 is 0. The van der Waals surface area contributed by atoms with Gasteiger partial charge in [-0.1, -0.05) is 12.8 Å². The molecule has 1 unspecified atom stereocenters. The maximum atomic E-state index is 4.57. The van der Waals surface area contributed by atoms with Crippen LogP contribution in [-0.4, -0.2) is 28.6 Å². The molecule has 1 saturated carbocycles. The molecule has 1 aromatic heterocycles. The van der Waals surface area contributed by atoms with Gasteiger partial charge in [-0.2, -0.15) is 0 Å². The van der Waals surface area contributed by atoms with Gasteiger partial charge in [0.15, 0.2) is 0 Å². The highest BCUT2D eigenvalue weighted by Gasteiger charge is 2.21. The summed E-state index contributed by atoms with van der Waals surface area (Å²) in [6.07, 6.45) is 11.8. The third-order valence-corrected chi connectivity index (χ3v) is 4.17. The summed E-state index contributed by atoms with van der Waals surface area (Å²) in [5.41, 5.74) is 1.19. The summed E-state index contributed by atoms with van der Waals surface area (Å²) < 4.78 is 0. The standard InChI is InChI=1S/C15H24N4/c1-12-5-3-2-4-8-19(12)15-17-10-13(11-18-15)9-16-14-6-7-14/h10-12,14,16H,2-9H2,1H3. The van der Waals surface area contributed by atoms with Crippen LogP contribution in [0.3, 0.4) is 0 Å². The molecule has 1 N–H and O–H groups in total. The first kappa shape index (κ1) is 12.9. The van der Waals surface area contributed by atoms with Crippen molar-refractivity contribution in [3.8, 4) is 0 Å². The molecular weight excluding hydrogens is 236 g/mol. The normalized spacial score (nSPS) is 24.3. The van der Waals surface area contributed by atoms with Gasteiger partial charge in [-0.15, -0.1) is 0 Å². The molecule has 1 saturated heterocycles. The van der Waals surface area contributed by atoms with E-state index in [1.54, 1.807) is 0 Å². The molecule has 2 aliphatic rings. The van der Waals surface area contributed by atoms with E-state index in [9.17, 15) is 0 Å². The smallest absolute Gasteiger partial charge is 0.225 e. The van der Waals surface area contributed by atoms with Gasteiger partial charge < -0.3 is 10.2 Å². The lowest BCUT2D eigenvalue weighted by atomic mass is 10.1. The van der Waals surface area contributed by atoms with Crippen molar-refractivity contribution >= 4 is 5.95 Å². The minimum Gasteiger partial charge on any atom is -0.338 e. The molecule has 0 radical (unpaired) electrons. The van der Waals surface area contributed by atoms with Gasteiger partial charge in [0.1, 0.15) is 0 Å². The van der Waals surface area contributed by atoms with Crippen LogP contribution in [0.15, 0.2) is 12.4 Å². The molecule has 1 aliphatic carbocycles. The number of nitrogens with one attached hydrogen (secondary N) is 1. The van der Waals surface area contributed by atoms with Crippen LogP contribution >= 0.6 is 0 Å². The van der Waals surface area contributed by atoms with E-state index in [-0.39, 0.29) is 0 Å². The van der Waals surface area contributed by atoms with Crippen LogP contribution in [-0.2, 0) is 6.54 Å². The first-order valence-electron chi connectivity index (χ1n) is 7.64. The Morgan fingerprint density at radius 2 is 1.95 bits per heavy atom. The van der Waals surface area contributed by atoms with Crippen molar-refractivity contribution in [2.75, 3.05) is 11.4 Å². The van der Waals surface area contributed by atoms with E-state index < -0.39 is 0 Å². The molecule has 104 valence electrons. The Labute approximate surface area is 115 Å². The van der Waals surface area contributed by atoms with Crippen molar-refractivity contribution < 1.29 is 0 Å². The third kappa shape index (κ3) is 3.44. The van der Waals surface area contributed by atoms with Gasteiger partial charge in [0.05, 0.1) is 0 Å². The van der Waals surface area contributed by atoms with Gasteiger partial charge in [0.2, 0.25) is 5.95 Å². The molecule has 2 fully saturated rings. The minimum atomic E-state index is 0.568. The second-order valence-corrected chi connectivity index (χ2v) is 5.94. The maximum absolute atomic E-state index is 4.57. The lowest BCUT2D eigenvalue weighted by Gasteiger charge is -2.27. The number of aromatic nitrogens is 2. The van der Waals surface area contributed by atoms with Crippen molar-refractivity contribution in [3.05, 3.63) is 18.0 Å². The van der Waals surface area contributed by atoms with E-state index in [2.05, 4.69) is 27.1 Å². The Morgan fingerprint density at radius 3 is 2.68 bits per heavy atom. The van der Waals surface area contributed by atoms with Gasteiger partial charge in [-0.05, 0) is 32.6 Å². The molecule has 4 heteroatoms. The maximum Gasteiger partial charge on any atom is 0.225 e. The zero-order chi connectivity index (χ0) is 13.1. The monoisotopic (exact) mass is 260 g/mol. The molecule has 3 rings (SSSR count). The number of hydrogen-bond donors (Lipinski definition) is 1. The van der Waals surface area contributed by atoms with Gasteiger partial charge >= 0.3 is 0 Å². The molecule has 1 aliphatic heterocycles. The summed E-state index contributed by atoms with van der Waals surface area (Å²) in [6, 6.07) is 1.31. The predicted molar refractivity (Wildman–Crippen MR) is 77.2 cm³/mol. The Kier molecular flexibility index (Phi) is 3.97. The molecule has 2 heterocycles. The average Bonchev–Trinajstić information content (AvgIpc) is 3.25. The van der Waals surface area contributed by atoms with Crippen LogP contribution in [0, 0.1) is 0 Å². The van der Waals surface area contributed by atoms with Gasteiger partial charge in [-0.3, -0.25) is 0 Å². The van der Waals surface area contributed by atoms with Crippen LogP contribution in [0.1, 0.15) is 51.0 Å². The van der Waals surface area contributed by atoms with Crippen LogP contribution in [0.25, 0.3) is 0 Å². The fourth-order valence-corrected chi connectivity index (χ4v) is 2.71. The molecule has 0 amide bonds. The van der Waals surface area contributed by atoms with Crippen molar-refractivity contribution in [3.63, 3.8) is 0 Å². The Bertz CT molecular complexity index is 399. The fraction of sp³-hybridized carbons (Fsp3) is 0.733. The largest absolute Gasteiger partial charge is 0.338 e. The predicted octanol–water partition coefficient (Wildman–Crippen LogP) is 2.50. The number of anilines is 1. The van der Waals surface area contributed by atoms with E-state index in [4.69, 9.17) is 0 Å². The highest BCUT2D eigenvalue weighted by molar-refractivity contribution is 5.31. The van der Waals surface area contributed by atoms with Gasteiger partial charge in [0, 0.05) is 43.1 Å². The van der Waals surface area contributed by atoms with E-state index in [0.717, 1.165) is 25.1 Å². The second kappa shape index (κ2) is 5.87. The lowest BCUT2D eigenvalue weighted by Crippen LogP contribution is -2.34. The van der Waals surface area contributed by atoms with Gasteiger partial charge in [0.25, 0.3) is 0 Å². The summed E-state index contributed by atoms with van der Waals surface area (Å²) in [5, 5.41) is 3.50. The number of hydrogen-bond acceptors (Lipinski definition) is 4. The highest BCUT2D eigenvalue weighted by Crippen LogP contribution is 2.21. The summed E-state index contributed by atoms with van der Waals surface area (Å²) in [6.45, 7) is 4.29. The Hall–Kier alpha value is -1.16. The van der Waals surface area contributed by atoms with E-state index in [1.807, 2.05) is 12.4 Å². The van der Waals surface area contributed by atoms with Crippen LogP contribution in [0.4, 0.5) is 5.95 Å². The van der Waals surface area contributed by atoms with E-state index >= 15 is 0 Å². The Balaban J connectivity index is 1.62. The zero-order valence-electron chi connectivity index (χ0n) is 11.8. The minimum absolute atomic E-state index is 0.568. The lowest BCUT2D eigenvalue weighted by molar-refractivity contribution is 0.603. The molecule has 0 bridgehead atoms. The summed E-state index contributed by atoms with van der Waals surface area (Å²) in [7, 11) is 0. The first-order valence-corrected chi connectivity index (χ1v) is 7.64. The van der Waals surface area contributed by atoms with Crippen LogP contribution in [0.2, 0.25) is 0 Å². The highest BCUT2D eigenvalue weighted by atomic mass is 15.3. The fourth-order valence-electron chi connectivity index (χ4n) is 2.71. The van der Waals surface area contributed by atoms with Crippen LogP contribution < -0.4 is 10.2 Å². The average molecular weight is 260 g/mol. The van der Waals surface area contributed by atoms with Crippen molar-refractivity contribution in [1.29, 1.82) is 0 Å². The van der Waals surface area contributed by atoms with Crippen molar-refractivity contribution in [2.24, 2.45) is 0 Å². The summed E-state index contributed by atoms with van der Waals surface area (Å²) in [4.78, 5) is 11.5. The molecule has 4 nitrogen and oxygen atoms in total. The molecule has 1 atom stereocenters. The zero-order valence-corrected chi connectivity index (χ0v) is 11.8. The third-order valence-electron chi connectivity index (χ3n) is 4.17. The number of nitrogens with zero attached hydrogens (tertiary/aromatic N) is 3.